The predicted octanol–water partition coefficient (Wildman–Crippen LogP) is 4.18. The summed E-state index contributed by atoms with van der Waals surface area (Å²) in [4.78, 5) is 32.4. The van der Waals surface area contributed by atoms with Crippen molar-refractivity contribution in [1.82, 2.24) is 30.2 Å². The maximum Gasteiger partial charge on any atom is 0.321 e. The Morgan fingerprint density at radius 3 is 2.62 bits per heavy atom. The van der Waals surface area contributed by atoms with Gasteiger partial charge in [-0.15, -0.1) is 0 Å². The Kier molecular flexibility index (Phi) is 5.93. The van der Waals surface area contributed by atoms with Crippen molar-refractivity contribution in [3.05, 3.63) is 48.7 Å². The zero-order valence-corrected chi connectivity index (χ0v) is 17.9. The molecule has 164 valence electrons. The number of rotatable bonds is 6. The summed E-state index contributed by atoms with van der Waals surface area (Å²) in [5, 5.41) is 8.44. The van der Waals surface area contributed by atoms with Crippen molar-refractivity contribution in [2.24, 2.45) is 0 Å². The first-order chi connectivity index (χ1) is 15.4. The summed E-state index contributed by atoms with van der Waals surface area (Å²) in [5.41, 5.74) is 3.24. The second-order valence-electron chi connectivity index (χ2n) is 7.42. The van der Waals surface area contributed by atoms with E-state index in [0.717, 1.165) is 11.1 Å². The zero-order chi connectivity index (χ0) is 22.7. The maximum atomic E-state index is 14.6. The number of amides is 2. The summed E-state index contributed by atoms with van der Waals surface area (Å²) < 4.78 is 14.6. The number of carbonyl (C=O) groups excluding carboxylic acids is 1. The van der Waals surface area contributed by atoms with Crippen molar-refractivity contribution in [1.29, 1.82) is 0 Å². The molecule has 0 aliphatic rings. The molecule has 0 aliphatic carbocycles. The fraction of sp³-hybridized carbons (Fsp3) is 0.227. The molecule has 0 aliphatic heterocycles. The van der Waals surface area contributed by atoms with Gasteiger partial charge in [-0.3, -0.25) is 10.3 Å². The minimum absolute atomic E-state index is 0.162. The molecule has 3 heterocycles. The second-order valence-corrected chi connectivity index (χ2v) is 7.42. The molecule has 32 heavy (non-hydrogen) atoms. The lowest BCUT2D eigenvalue weighted by molar-refractivity contribution is 0.252. The van der Waals surface area contributed by atoms with Crippen molar-refractivity contribution in [2.45, 2.75) is 26.8 Å². The van der Waals surface area contributed by atoms with Crippen molar-refractivity contribution in [2.75, 3.05) is 17.2 Å². The quantitative estimate of drug-likeness (QED) is 0.361. The molecule has 1 aromatic carbocycles. The summed E-state index contributed by atoms with van der Waals surface area (Å²) in [6.07, 6.45) is 4.91. The van der Waals surface area contributed by atoms with E-state index in [4.69, 9.17) is 0 Å². The van der Waals surface area contributed by atoms with Crippen molar-refractivity contribution in [3.8, 4) is 22.4 Å². The van der Waals surface area contributed by atoms with Gasteiger partial charge in [0, 0.05) is 42.3 Å². The van der Waals surface area contributed by atoms with Gasteiger partial charge in [0.1, 0.15) is 17.0 Å². The van der Waals surface area contributed by atoms with E-state index in [2.05, 4.69) is 40.9 Å². The van der Waals surface area contributed by atoms with Gasteiger partial charge in [0.2, 0.25) is 11.9 Å². The van der Waals surface area contributed by atoms with E-state index in [1.807, 2.05) is 26.8 Å². The van der Waals surface area contributed by atoms with Gasteiger partial charge < -0.3 is 15.6 Å². The van der Waals surface area contributed by atoms with E-state index in [-0.39, 0.29) is 23.7 Å². The number of fused-ring (bicyclic) bond motifs is 1. The third-order valence-electron chi connectivity index (χ3n) is 4.57. The van der Waals surface area contributed by atoms with E-state index in [9.17, 15) is 9.18 Å². The number of nitrogens with zero attached hydrogens (tertiary/aromatic N) is 4. The highest BCUT2D eigenvalue weighted by molar-refractivity contribution is 5.98. The molecule has 0 bridgehead atoms. The topological polar surface area (TPSA) is 121 Å². The van der Waals surface area contributed by atoms with Gasteiger partial charge in [-0.1, -0.05) is 0 Å². The largest absolute Gasteiger partial charge is 0.352 e. The van der Waals surface area contributed by atoms with Crippen LogP contribution in [0.2, 0.25) is 0 Å². The molecule has 0 unspecified atom stereocenters. The van der Waals surface area contributed by atoms with E-state index in [0.29, 0.717) is 29.1 Å². The Balaban J connectivity index is 1.82. The fourth-order valence-electron chi connectivity index (χ4n) is 3.23. The first-order valence-electron chi connectivity index (χ1n) is 10.2. The number of aromatic amines is 1. The number of carbonyl (C=O) groups is 1. The molecule has 0 atom stereocenters. The summed E-state index contributed by atoms with van der Waals surface area (Å²) in [6.45, 7) is 6.30. The number of hydrogen-bond acceptors (Lipinski definition) is 6. The lowest BCUT2D eigenvalue weighted by atomic mass is 10.0. The smallest absolute Gasteiger partial charge is 0.321 e. The molecular formula is C22H23FN8O. The van der Waals surface area contributed by atoms with Crippen LogP contribution in [-0.2, 0) is 0 Å². The van der Waals surface area contributed by atoms with Crippen LogP contribution < -0.4 is 16.0 Å². The van der Waals surface area contributed by atoms with E-state index >= 15 is 0 Å². The zero-order valence-electron chi connectivity index (χ0n) is 17.9. The lowest BCUT2D eigenvalue weighted by Gasteiger charge is -2.10. The van der Waals surface area contributed by atoms with Crippen LogP contribution in [0.5, 0.6) is 0 Å². The van der Waals surface area contributed by atoms with Gasteiger partial charge in [-0.05, 0) is 50.6 Å². The molecular weight excluding hydrogens is 411 g/mol. The highest BCUT2D eigenvalue weighted by Gasteiger charge is 2.17. The summed E-state index contributed by atoms with van der Waals surface area (Å²) in [6, 6.07) is 6.33. The molecule has 2 amide bonds. The third kappa shape index (κ3) is 4.48. The van der Waals surface area contributed by atoms with Crippen LogP contribution >= 0.6 is 0 Å². The Morgan fingerprint density at radius 1 is 1.16 bits per heavy atom. The summed E-state index contributed by atoms with van der Waals surface area (Å²) in [7, 11) is 0. The van der Waals surface area contributed by atoms with Crippen molar-refractivity contribution >= 4 is 29.0 Å². The molecule has 3 aromatic heterocycles. The molecule has 0 fully saturated rings. The molecule has 9 nitrogen and oxygen atoms in total. The second kappa shape index (κ2) is 8.96. The number of halogens is 1. The number of anilines is 2. The van der Waals surface area contributed by atoms with Crippen LogP contribution in [0.15, 0.2) is 42.9 Å². The highest BCUT2D eigenvalue weighted by atomic mass is 19.1. The minimum atomic E-state index is -0.472. The first-order valence-corrected chi connectivity index (χ1v) is 10.2. The monoisotopic (exact) mass is 434 g/mol. The van der Waals surface area contributed by atoms with Gasteiger partial charge in [0.25, 0.3) is 0 Å². The Bertz CT molecular complexity index is 1250. The highest BCUT2D eigenvalue weighted by Crippen LogP contribution is 2.33. The molecule has 4 N–H and O–H groups in total. The number of pyridine rings is 1. The molecule has 10 heteroatoms. The van der Waals surface area contributed by atoms with Crippen LogP contribution in [0.1, 0.15) is 20.8 Å². The summed E-state index contributed by atoms with van der Waals surface area (Å²) >= 11 is 0. The van der Waals surface area contributed by atoms with Crippen LogP contribution in [0.25, 0.3) is 33.4 Å². The average Bonchev–Trinajstić information content (AvgIpc) is 3.16. The van der Waals surface area contributed by atoms with E-state index in [1.54, 1.807) is 18.5 Å². The van der Waals surface area contributed by atoms with Crippen molar-refractivity contribution < 1.29 is 9.18 Å². The van der Waals surface area contributed by atoms with Crippen molar-refractivity contribution in [3.63, 3.8) is 0 Å². The number of aromatic nitrogens is 5. The number of urea groups is 1. The van der Waals surface area contributed by atoms with Crippen LogP contribution in [-0.4, -0.2) is 43.5 Å². The van der Waals surface area contributed by atoms with Gasteiger partial charge >= 0.3 is 6.03 Å². The normalized spacial score (nSPS) is 11.0. The van der Waals surface area contributed by atoms with E-state index in [1.165, 1.54) is 18.3 Å². The van der Waals surface area contributed by atoms with Crippen LogP contribution in [0.3, 0.4) is 0 Å². The third-order valence-corrected chi connectivity index (χ3v) is 4.57. The number of benzene rings is 1. The Morgan fingerprint density at radius 2 is 1.94 bits per heavy atom. The average molecular weight is 434 g/mol. The molecule has 0 saturated carbocycles. The van der Waals surface area contributed by atoms with E-state index < -0.39 is 5.82 Å². The van der Waals surface area contributed by atoms with Gasteiger partial charge in [-0.25, -0.2) is 24.1 Å². The molecule has 4 rings (SSSR count). The van der Waals surface area contributed by atoms with Crippen LogP contribution in [0, 0.1) is 5.82 Å². The maximum absolute atomic E-state index is 14.6. The molecule has 0 saturated heterocycles. The number of nitrogens with one attached hydrogen (secondary N) is 4. The fourth-order valence-corrected chi connectivity index (χ4v) is 3.23. The predicted molar refractivity (Wildman–Crippen MR) is 122 cm³/mol. The van der Waals surface area contributed by atoms with Gasteiger partial charge in [-0.2, -0.15) is 0 Å². The lowest BCUT2D eigenvalue weighted by Crippen LogP contribution is -2.28. The standard InChI is InChI=1S/C22H23FN8O/c1-4-24-22(32)31-21-29-17-9-13(14-10-26-20(27-11-14)28-12(2)3)8-15(19(17)30-21)18-16(23)6-5-7-25-18/h5-12H,4H2,1-3H3,(H,26,27,28)(H3,24,29,30,31,32). The van der Waals surface area contributed by atoms with Gasteiger partial charge in [0.05, 0.1) is 5.52 Å². The van der Waals surface area contributed by atoms with Gasteiger partial charge in [0.15, 0.2) is 0 Å². The Labute approximate surface area is 183 Å². The molecule has 0 spiro atoms. The molecule has 0 radical (unpaired) electrons. The number of imidazole rings is 1. The Hall–Kier alpha value is -4.08. The number of hydrogen-bond donors (Lipinski definition) is 4. The van der Waals surface area contributed by atoms with Crippen LogP contribution in [0.4, 0.5) is 21.1 Å². The number of H-pyrrole nitrogens is 1. The molecule has 4 aromatic rings. The SMILES string of the molecule is CCNC(=O)Nc1nc2c(-c3ncccc3F)cc(-c3cnc(NC(C)C)nc3)cc2[nH]1. The summed E-state index contributed by atoms with van der Waals surface area (Å²) in [5.74, 6) is 0.295. The first kappa shape index (κ1) is 21.2. The minimum Gasteiger partial charge on any atom is -0.352 e.